The first-order chi connectivity index (χ1) is 9.02. The Balaban J connectivity index is 2.35. The number of hydrogen-bond donors (Lipinski definition) is 1. The summed E-state index contributed by atoms with van der Waals surface area (Å²) in [6.07, 6.45) is 0. The first-order valence-corrected chi connectivity index (χ1v) is 6.08. The lowest BCUT2D eigenvalue weighted by Gasteiger charge is -2.38. The number of nitrogens with one attached hydrogen (secondary N) is 1. The summed E-state index contributed by atoms with van der Waals surface area (Å²) in [5.74, 6) is 0.614. The van der Waals surface area contributed by atoms with E-state index in [2.05, 4.69) is 22.1 Å². The van der Waals surface area contributed by atoms with E-state index in [4.69, 9.17) is 5.26 Å². The molecule has 2 unspecified atom stereocenters. The van der Waals surface area contributed by atoms with E-state index < -0.39 is 4.92 Å². The van der Waals surface area contributed by atoms with Gasteiger partial charge in [0.25, 0.3) is 0 Å². The topological polar surface area (TPSA) is 95.1 Å². The number of anilines is 1. The maximum atomic E-state index is 10.8. The van der Waals surface area contributed by atoms with Crippen molar-refractivity contribution < 1.29 is 4.92 Å². The molecular weight excluding hydrogens is 246 g/mol. The Morgan fingerprint density at radius 1 is 1.58 bits per heavy atom. The molecule has 1 aromatic heterocycles. The van der Waals surface area contributed by atoms with Crippen LogP contribution in [0.2, 0.25) is 0 Å². The number of nitriles is 1. The van der Waals surface area contributed by atoms with Crippen LogP contribution in [0, 0.1) is 21.4 Å². The lowest BCUT2D eigenvalue weighted by molar-refractivity contribution is -0.385. The van der Waals surface area contributed by atoms with E-state index >= 15 is 0 Å². The Hall–Kier alpha value is -2.20. The van der Waals surface area contributed by atoms with Gasteiger partial charge in [0.1, 0.15) is 11.9 Å². The normalized spacial score (nSPS) is 22.9. The minimum absolute atomic E-state index is 0.138. The molecule has 2 heterocycles. The molecule has 19 heavy (non-hydrogen) atoms. The highest BCUT2D eigenvalue weighted by Gasteiger charge is 2.25. The summed E-state index contributed by atoms with van der Waals surface area (Å²) >= 11 is 0. The molecule has 0 amide bonds. The zero-order chi connectivity index (χ0) is 14.0. The Labute approximate surface area is 111 Å². The molecule has 0 saturated carbocycles. The molecule has 0 bridgehead atoms. The predicted molar refractivity (Wildman–Crippen MR) is 69.9 cm³/mol. The fraction of sp³-hybridized carbons (Fsp3) is 0.500. The third kappa shape index (κ3) is 2.63. The van der Waals surface area contributed by atoms with E-state index in [1.165, 1.54) is 6.07 Å². The highest BCUT2D eigenvalue weighted by Crippen LogP contribution is 2.23. The third-order valence-electron chi connectivity index (χ3n) is 3.22. The second kappa shape index (κ2) is 5.20. The van der Waals surface area contributed by atoms with Crippen molar-refractivity contribution in [2.75, 3.05) is 18.0 Å². The lowest BCUT2D eigenvalue weighted by atomic mass is 10.1. The highest BCUT2D eigenvalue weighted by atomic mass is 16.6. The molecule has 1 aromatic rings. The van der Waals surface area contributed by atoms with Gasteiger partial charge in [0, 0.05) is 31.2 Å². The molecule has 7 nitrogen and oxygen atoms in total. The first-order valence-electron chi connectivity index (χ1n) is 6.08. The van der Waals surface area contributed by atoms with Crippen LogP contribution >= 0.6 is 0 Å². The van der Waals surface area contributed by atoms with Gasteiger partial charge in [0.05, 0.1) is 4.92 Å². The molecule has 2 rings (SSSR count). The lowest BCUT2D eigenvalue weighted by Crippen LogP contribution is -2.54. The van der Waals surface area contributed by atoms with Crippen LogP contribution in [-0.4, -0.2) is 35.1 Å². The van der Waals surface area contributed by atoms with Crippen LogP contribution in [0.1, 0.15) is 19.5 Å². The molecule has 1 saturated heterocycles. The van der Waals surface area contributed by atoms with Crippen LogP contribution in [0.5, 0.6) is 0 Å². The van der Waals surface area contributed by atoms with Gasteiger partial charge in [-0.1, -0.05) is 0 Å². The number of aromatic nitrogens is 1. The van der Waals surface area contributed by atoms with E-state index in [-0.39, 0.29) is 17.4 Å². The summed E-state index contributed by atoms with van der Waals surface area (Å²) in [6.45, 7) is 5.70. The van der Waals surface area contributed by atoms with Crippen LogP contribution in [0.25, 0.3) is 0 Å². The van der Waals surface area contributed by atoms with Crippen LogP contribution in [0.15, 0.2) is 12.1 Å². The van der Waals surface area contributed by atoms with E-state index in [1.54, 1.807) is 12.1 Å². The van der Waals surface area contributed by atoms with Crippen molar-refractivity contribution in [2.45, 2.75) is 25.9 Å². The van der Waals surface area contributed by atoms with Gasteiger partial charge in [-0.15, -0.1) is 0 Å². The summed E-state index contributed by atoms with van der Waals surface area (Å²) in [7, 11) is 0. The van der Waals surface area contributed by atoms with Gasteiger partial charge in [-0.25, -0.2) is 4.98 Å². The molecule has 7 heteroatoms. The van der Waals surface area contributed by atoms with Crippen molar-refractivity contribution in [3.8, 4) is 6.07 Å². The van der Waals surface area contributed by atoms with Gasteiger partial charge in [-0.2, -0.15) is 5.26 Å². The molecular formula is C12H15N5O2. The molecule has 1 aliphatic rings. The predicted octanol–water partition coefficient (Wildman–Crippen LogP) is 1.05. The summed E-state index contributed by atoms with van der Waals surface area (Å²) in [4.78, 5) is 16.4. The molecule has 2 atom stereocenters. The first kappa shape index (κ1) is 13.2. The standard InChI is InChI=1S/C12H15N5O2/c1-8-7-16(9(2)6-14-8)12-4-3-11(17(18)19)10(5-13)15-12/h3-4,8-9,14H,6-7H2,1-2H3. The number of pyridine rings is 1. The van der Waals surface area contributed by atoms with Crippen molar-refractivity contribution in [1.82, 2.24) is 10.3 Å². The second-order valence-corrected chi connectivity index (χ2v) is 4.72. The maximum absolute atomic E-state index is 10.8. The quantitative estimate of drug-likeness (QED) is 0.631. The van der Waals surface area contributed by atoms with Gasteiger partial charge in [0.2, 0.25) is 5.69 Å². The highest BCUT2D eigenvalue weighted by molar-refractivity contribution is 5.52. The largest absolute Gasteiger partial charge is 0.351 e. The average molecular weight is 261 g/mol. The van der Waals surface area contributed by atoms with E-state index in [0.29, 0.717) is 11.9 Å². The second-order valence-electron chi connectivity index (χ2n) is 4.72. The van der Waals surface area contributed by atoms with Gasteiger partial charge in [-0.3, -0.25) is 10.1 Å². The summed E-state index contributed by atoms with van der Waals surface area (Å²) < 4.78 is 0. The average Bonchev–Trinajstić information content (AvgIpc) is 2.40. The fourth-order valence-corrected chi connectivity index (χ4v) is 2.17. The number of hydrogen-bond acceptors (Lipinski definition) is 6. The molecule has 1 fully saturated rings. The van der Waals surface area contributed by atoms with Crippen molar-refractivity contribution >= 4 is 11.5 Å². The Bertz CT molecular complexity index is 539. The van der Waals surface area contributed by atoms with Crippen LogP contribution in [0.3, 0.4) is 0 Å². The van der Waals surface area contributed by atoms with E-state index in [1.807, 2.05) is 6.92 Å². The smallest absolute Gasteiger partial charge is 0.305 e. The maximum Gasteiger partial charge on any atom is 0.305 e. The fourth-order valence-electron chi connectivity index (χ4n) is 2.17. The van der Waals surface area contributed by atoms with Crippen molar-refractivity contribution in [1.29, 1.82) is 5.26 Å². The molecule has 0 radical (unpaired) electrons. The molecule has 1 N–H and O–H groups in total. The Kier molecular flexibility index (Phi) is 3.62. The minimum Gasteiger partial charge on any atom is -0.351 e. The summed E-state index contributed by atoms with van der Waals surface area (Å²) in [5.41, 5.74) is -0.386. The molecule has 0 aromatic carbocycles. The third-order valence-corrected chi connectivity index (χ3v) is 3.22. The zero-order valence-electron chi connectivity index (χ0n) is 10.8. The Morgan fingerprint density at radius 2 is 2.32 bits per heavy atom. The van der Waals surface area contributed by atoms with Gasteiger partial charge < -0.3 is 10.2 Å². The Morgan fingerprint density at radius 3 is 2.95 bits per heavy atom. The zero-order valence-corrected chi connectivity index (χ0v) is 10.8. The van der Waals surface area contributed by atoms with Crippen molar-refractivity contribution in [2.24, 2.45) is 0 Å². The van der Waals surface area contributed by atoms with Crippen molar-refractivity contribution in [3.63, 3.8) is 0 Å². The van der Waals surface area contributed by atoms with Crippen LogP contribution in [-0.2, 0) is 0 Å². The van der Waals surface area contributed by atoms with Crippen molar-refractivity contribution in [3.05, 3.63) is 27.9 Å². The van der Waals surface area contributed by atoms with Gasteiger partial charge >= 0.3 is 5.69 Å². The summed E-state index contributed by atoms with van der Waals surface area (Å²) in [5, 5.41) is 23.1. The van der Waals surface area contributed by atoms with Crippen LogP contribution < -0.4 is 10.2 Å². The number of piperazine rings is 1. The van der Waals surface area contributed by atoms with E-state index in [9.17, 15) is 10.1 Å². The number of nitro groups is 1. The van der Waals surface area contributed by atoms with E-state index in [0.717, 1.165) is 13.1 Å². The van der Waals surface area contributed by atoms with Crippen LogP contribution in [0.4, 0.5) is 11.5 Å². The molecule has 0 aliphatic carbocycles. The van der Waals surface area contributed by atoms with Gasteiger partial charge in [0.15, 0.2) is 0 Å². The minimum atomic E-state index is -0.584. The molecule has 0 spiro atoms. The monoisotopic (exact) mass is 261 g/mol. The molecule has 100 valence electrons. The number of rotatable bonds is 2. The molecule has 1 aliphatic heterocycles. The number of nitrogens with zero attached hydrogens (tertiary/aromatic N) is 4. The SMILES string of the molecule is CC1CN(c2ccc([N+](=O)[O-])c(C#N)n2)C(C)CN1. The summed E-state index contributed by atoms with van der Waals surface area (Å²) in [6, 6.07) is 5.29. The van der Waals surface area contributed by atoms with Gasteiger partial charge in [-0.05, 0) is 19.9 Å².